The van der Waals surface area contributed by atoms with Crippen LogP contribution in [0.1, 0.15) is 39.7 Å². The minimum Gasteiger partial charge on any atom is -0.326 e. The molecule has 0 aliphatic heterocycles. The van der Waals surface area contributed by atoms with Crippen molar-refractivity contribution in [1.29, 1.82) is 0 Å². The number of hydrogen-bond donors (Lipinski definition) is 1. The van der Waals surface area contributed by atoms with E-state index in [-0.39, 0.29) is 11.6 Å². The van der Waals surface area contributed by atoms with E-state index in [4.69, 9.17) is 17.3 Å². The molecule has 108 valence electrons. The van der Waals surface area contributed by atoms with Crippen LogP contribution in [0.2, 0.25) is 5.02 Å². The quantitative estimate of drug-likeness (QED) is 0.826. The number of nitrogens with two attached hydrogens (primary N) is 1. The molecular formula is C16H27ClN2. The average molecular weight is 283 g/mol. The van der Waals surface area contributed by atoms with Crippen molar-refractivity contribution in [2.45, 2.75) is 52.1 Å². The SMILES string of the molecule is CCN(CC)C(C)(CC)C(N)Cc1ccc(Cl)cc1. The molecule has 3 heteroatoms. The van der Waals surface area contributed by atoms with E-state index in [1.165, 1.54) is 5.56 Å². The fourth-order valence-electron chi connectivity index (χ4n) is 2.76. The van der Waals surface area contributed by atoms with Gasteiger partial charge in [-0.2, -0.15) is 0 Å². The standard InChI is InChI=1S/C16H27ClN2/c1-5-16(4,19(6-2)7-3)15(18)12-13-8-10-14(17)11-9-13/h8-11,15H,5-7,12,18H2,1-4H3. The van der Waals surface area contributed by atoms with Crippen LogP contribution in [0.3, 0.4) is 0 Å². The minimum absolute atomic E-state index is 0.0448. The fourth-order valence-corrected chi connectivity index (χ4v) is 2.89. The summed E-state index contributed by atoms with van der Waals surface area (Å²) in [7, 11) is 0. The Kier molecular flexibility index (Phi) is 6.31. The number of hydrogen-bond acceptors (Lipinski definition) is 2. The average Bonchev–Trinajstić information content (AvgIpc) is 2.42. The Morgan fingerprint density at radius 3 is 2.11 bits per heavy atom. The lowest BCUT2D eigenvalue weighted by molar-refractivity contribution is 0.0845. The summed E-state index contributed by atoms with van der Waals surface area (Å²) in [5.41, 5.74) is 7.81. The zero-order chi connectivity index (χ0) is 14.5. The van der Waals surface area contributed by atoms with Crippen molar-refractivity contribution in [1.82, 2.24) is 4.90 Å². The Labute approximate surface area is 122 Å². The van der Waals surface area contributed by atoms with Gasteiger partial charge in [-0.15, -0.1) is 0 Å². The van der Waals surface area contributed by atoms with Crippen LogP contribution in [0.4, 0.5) is 0 Å². The van der Waals surface area contributed by atoms with Crippen LogP contribution in [0.5, 0.6) is 0 Å². The Balaban J connectivity index is 2.83. The van der Waals surface area contributed by atoms with E-state index in [9.17, 15) is 0 Å². The smallest absolute Gasteiger partial charge is 0.0406 e. The third kappa shape index (κ3) is 3.95. The number of nitrogens with zero attached hydrogens (tertiary/aromatic N) is 1. The molecule has 0 heterocycles. The van der Waals surface area contributed by atoms with Gasteiger partial charge < -0.3 is 5.73 Å². The first-order chi connectivity index (χ1) is 8.97. The third-order valence-corrected chi connectivity index (χ3v) is 4.62. The van der Waals surface area contributed by atoms with Crippen molar-refractivity contribution in [2.24, 2.45) is 5.73 Å². The van der Waals surface area contributed by atoms with E-state index >= 15 is 0 Å². The van der Waals surface area contributed by atoms with Crippen molar-refractivity contribution < 1.29 is 0 Å². The van der Waals surface area contributed by atoms with E-state index in [1.54, 1.807) is 0 Å². The normalized spacial score (nSPS) is 16.4. The highest BCUT2D eigenvalue weighted by atomic mass is 35.5. The van der Waals surface area contributed by atoms with Crippen molar-refractivity contribution in [3.63, 3.8) is 0 Å². The maximum atomic E-state index is 6.51. The molecule has 0 aromatic heterocycles. The summed E-state index contributed by atoms with van der Waals surface area (Å²) in [6.07, 6.45) is 1.95. The van der Waals surface area contributed by atoms with Crippen molar-refractivity contribution >= 4 is 11.6 Å². The van der Waals surface area contributed by atoms with Gasteiger partial charge in [0.15, 0.2) is 0 Å². The Morgan fingerprint density at radius 2 is 1.68 bits per heavy atom. The van der Waals surface area contributed by atoms with E-state index in [1.807, 2.05) is 12.1 Å². The van der Waals surface area contributed by atoms with E-state index in [0.29, 0.717) is 0 Å². The lowest BCUT2D eigenvalue weighted by Gasteiger charge is -2.44. The summed E-state index contributed by atoms with van der Waals surface area (Å²) in [5, 5.41) is 0.777. The molecule has 0 aliphatic carbocycles. The molecule has 0 aliphatic rings. The van der Waals surface area contributed by atoms with E-state index in [0.717, 1.165) is 31.0 Å². The second-order valence-corrected chi connectivity index (χ2v) is 5.76. The predicted molar refractivity (Wildman–Crippen MR) is 84.7 cm³/mol. The molecule has 1 rings (SSSR count). The number of likely N-dealkylation sites (N-methyl/N-ethyl adjacent to an activating group) is 1. The molecule has 0 saturated carbocycles. The van der Waals surface area contributed by atoms with Crippen molar-refractivity contribution in [3.05, 3.63) is 34.9 Å². The topological polar surface area (TPSA) is 29.3 Å². The van der Waals surface area contributed by atoms with Crippen LogP contribution in [0.25, 0.3) is 0 Å². The van der Waals surface area contributed by atoms with Gasteiger partial charge in [0.05, 0.1) is 0 Å². The predicted octanol–water partition coefficient (Wildman–Crippen LogP) is 3.72. The first kappa shape index (κ1) is 16.5. The molecular weight excluding hydrogens is 256 g/mol. The molecule has 2 unspecified atom stereocenters. The van der Waals surface area contributed by atoms with Gasteiger partial charge in [0.1, 0.15) is 0 Å². The van der Waals surface area contributed by atoms with Crippen molar-refractivity contribution in [2.75, 3.05) is 13.1 Å². The fraction of sp³-hybridized carbons (Fsp3) is 0.625. The summed E-state index contributed by atoms with van der Waals surface area (Å²) >= 11 is 5.92. The molecule has 0 saturated heterocycles. The summed E-state index contributed by atoms with van der Waals surface area (Å²) in [4.78, 5) is 2.47. The van der Waals surface area contributed by atoms with Crippen LogP contribution in [0.15, 0.2) is 24.3 Å². The summed E-state index contributed by atoms with van der Waals surface area (Å²) in [6, 6.07) is 8.13. The zero-order valence-corrected chi connectivity index (χ0v) is 13.4. The zero-order valence-electron chi connectivity index (χ0n) is 12.6. The van der Waals surface area contributed by atoms with Crippen LogP contribution >= 0.6 is 11.6 Å². The maximum Gasteiger partial charge on any atom is 0.0406 e. The Hall–Kier alpha value is -0.570. The van der Waals surface area contributed by atoms with Gasteiger partial charge in [-0.1, -0.05) is 44.5 Å². The summed E-state index contributed by atoms with van der Waals surface area (Å²) < 4.78 is 0. The molecule has 0 fully saturated rings. The number of halogens is 1. The maximum absolute atomic E-state index is 6.51. The molecule has 2 N–H and O–H groups in total. The Bertz CT molecular complexity index is 373. The van der Waals surface area contributed by atoms with Crippen LogP contribution in [-0.2, 0) is 6.42 Å². The van der Waals surface area contributed by atoms with Crippen molar-refractivity contribution in [3.8, 4) is 0 Å². The van der Waals surface area contributed by atoms with Gasteiger partial charge in [0.2, 0.25) is 0 Å². The summed E-state index contributed by atoms with van der Waals surface area (Å²) in [5.74, 6) is 0. The lowest BCUT2D eigenvalue weighted by atomic mass is 9.84. The van der Waals surface area contributed by atoms with Gasteiger partial charge in [-0.25, -0.2) is 0 Å². The minimum atomic E-state index is 0.0448. The molecule has 1 aromatic rings. The van der Waals surface area contributed by atoms with Gasteiger partial charge in [0.25, 0.3) is 0 Å². The monoisotopic (exact) mass is 282 g/mol. The molecule has 2 atom stereocenters. The molecule has 0 radical (unpaired) electrons. The highest BCUT2D eigenvalue weighted by Gasteiger charge is 2.34. The van der Waals surface area contributed by atoms with Gasteiger partial charge >= 0.3 is 0 Å². The van der Waals surface area contributed by atoms with Crippen LogP contribution in [-0.4, -0.2) is 29.6 Å². The van der Waals surface area contributed by atoms with Gasteiger partial charge in [-0.3, -0.25) is 4.90 Å². The highest BCUT2D eigenvalue weighted by Crippen LogP contribution is 2.25. The lowest BCUT2D eigenvalue weighted by Crippen LogP contribution is -2.58. The second-order valence-electron chi connectivity index (χ2n) is 5.32. The van der Waals surface area contributed by atoms with Gasteiger partial charge in [-0.05, 0) is 50.6 Å². The number of benzene rings is 1. The first-order valence-electron chi connectivity index (χ1n) is 7.23. The molecule has 0 bridgehead atoms. The van der Waals surface area contributed by atoms with E-state index < -0.39 is 0 Å². The second kappa shape index (κ2) is 7.28. The third-order valence-electron chi connectivity index (χ3n) is 4.37. The molecule has 1 aromatic carbocycles. The number of rotatable bonds is 7. The Morgan fingerprint density at radius 1 is 1.16 bits per heavy atom. The van der Waals surface area contributed by atoms with Crippen LogP contribution < -0.4 is 5.73 Å². The molecule has 2 nitrogen and oxygen atoms in total. The van der Waals surface area contributed by atoms with Gasteiger partial charge in [0, 0.05) is 16.6 Å². The molecule has 19 heavy (non-hydrogen) atoms. The summed E-state index contributed by atoms with van der Waals surface area (Å²) in [6.45, 7) is 11.0. The molecule has 0 amide bonds. The largest absolute Gasteiger partial charge is 0.326 e. The van der Waals surface area contributed by atoms with E-state index in [2.05, 4.69) is 44.7 Å². The highest BCUT2D eigenvalue weighted by molar-refractivity contribution is 6.30. The van der Waals surface area contributed by atoms with Crippen LogP contribution in [0, 0.1) is 0 Å². The molecule has 0 spiro atoms. The first-order valence-corrected chi connectivity index (χ1v) is 7.60.